The van der Waals surface area contributed by atoms with E-state index in [0.29, 0.717) is 71.4 Å². The van der Waals surface area contributed by atoms with E-state index in [-0.39, 0.29) is 0 Å². The number of nitrogens with one attached hydrogen (secondary N) is 12. The highest BCUT2D eigenvalue weighted by Gasteiger charge is 2.39. The van der Waals surface area contributed by atoms with Crippen molar-refractivity contribution < 1.29 is 0 Å². The van der Waals surface area contributed by atoms with E-state index in [4.69, 9.17) is 59.8 Å². The third kappa shape index (κ3) is 50.5. The average Bonchev–Trinajstić information content (AvgIpc) is 0.729. The molecule has 4 aromatic carbocycles. The summed E-state index contributed by atoms with van der Waals surface area (Å²) in [7, 11) is 0. The molecule has 0 saturated carbocycles. The van der Waals surface area contributed by atoms with Gasteiger partial charge in [-0.15, -0.1) is 0 Å². The van der Waals surface area contributed by atoms with Gasteiger partial charge in [0.2, 0.25) is 71.4 Å². The maximum atomic E-state index is 5.08. The quantitative estimate of drug-likeness (QED) is 0.0125. The van der Waals surface area contributed by atoms with Crippen LogP contribution in [0.5, 0.6) is 0 Å². The van der Waals surface area contributed by atoms with Crippen molar-refractivity contribution in [3.05, 3.63) is 119 Å². The Kier molecular flexibility index (Phi) is 63.8. The Morgan fingerprint density at radius 2 is 0.241 bits per heavy atom. The summed E-state index contributed by atoms with van der Waals surface area (Å²) in [6, 6.07) is 35.4. The summed E-state index contributed by atoms with van der Waals surface area (Å²) in [5.74, 6) is 6.38. The molecule has 0 aliphatic carbocycles. The molecular formula is C117H196N24. The molecule has 0 fully saturated rings. The fraction of sp³-hybridized carbons (Fsp3) is 0.692. The van der Waals surface area contributed by atoms with Gasteiger partial charge in [0.25, 0.3) is 0 Å². The normalized spacial score (nSPS) is 11.5. The van der Waals surface area contributed by atoms with Crippen LogP contribution in [-0.2, 0) is 5.41 Å². The van der Waals surface area contributed by atoms with Crippen LogP contribution in [0.25, 0.3) is 0 Å². The topological polar surface area (TPSA) is 299 Å². The zero-order valence-corrected chi connectivity index (χ0v) is 90.0. The Bertz CT molecular complexity index is 3650. The Hall–Kier alpha value is -9.48. The molecule has 24 heteroatoms. The van der Waals surface area contributed by atoms with Gasteiger partial charge < -0.3 is 63.8 Å². The lowest BCUT2D eigenvalue weighted by Gasteiger charge is -2.37. The second-order valence-electron chi connectivity index (χ2n) is 40.0. The van der Waals surface area contributed by atoms with E-state index in [1.807, 2.05) is 0 Å². The number of unbranched alkanes of at least 4 members (excludes halogenated alkanes) is 56. The summed E-state index contributed by atoms with van der Waals surface area (Å²) in [5.41, 5.74) is 6.46. The number of anilines is 16. The highest BCUT2D eigenvalue weighted by molar-refractivity contribution is 5.69. The predicted octanol–water partition coefficient (Wildman–Crippen LogP) is 34.2. The van der Waals surface area contributed by atoms with Gasteiger partial charge in [-0.1, -0.05) is 463 Å². The molecule has 24 nitrogen and oxygen atoms in total. The van der Waals surface area contributed by atoms with Crippen LogP contribution in [-0.4, -0.2) is 112 Å². The average molecular weight is 1940 g/mol. The molecule has 8 aromatic rings. The molecule has 0 aliphatic heterocycles. The van der Waals surface area contributed by atoms with E-state index < -0.39 is 5.41 Å². The maximum absolute atomic E-state index is 5.08. The lowest BCUT2D eigenvalue weighted by atomic mass is 9.65. The number of aromatic nitrogens is 12. The van der Waals surface area contributed by atoms with Crippen molar-refractivity contribution >= 4 is 94.1 Å². The number of rotatable bonds is 92. The summed E-state index contributed by atoms with van der Waals surface area (Å²) in [6.07, 6.45) is 79.5. The van der Waals surface area contributed by atoms with E-state index in [1.165, 1.54) is 360 Å². The first kappa shape index (κ1) is 117. The molecule has 8 rings (SSSR count). The Labute approximate surface area is 856 Å². The highest BCUT2D eigenvalue weighted by atomic mass is 15.3. The fourth-order valence-corrected chi connectivity index (χ4v) is 18.8. The first-order chi connectivity index (χ1) is 69.7. The Morgan fingerprint density at radius 1 is 0.135 bits per heavy atom. The number of hydrogen-bond donors (Lipinski definition) is 12. The Balaban J connectivity index is 1.22. The summed E-state index contributed by atoms with van der Waals surface area (Å²) in [4.78, 5) is 60.6. The molecule has 0 amide bonds. The third-order valence-electron chi connectivity index (χ3n) is 27.3. The van der Waals surface area contributed by atoms with Gasteiger partial charge in [-0.3, -0.25) is 0 Å². The van der Waals surface area contributed by atoms with Gasteiger partial charge in [0.05, 0.1) is 5.41 Å². The molecule has 4 heterocycles. The van der Waals surface area contributed by atoms with Crippen LogP contribution in [0, 0.1) is 0 Å². The van der Waals surface area contributed by atoms with Crippen LogP contribution >= 0.6 is 0 Å². The minimum atomic E-state index is -0.981. The molecule has 0 spiro atoms. The minimum absolute atomic E-state index is 0.470. The van der Waals surface area contributed by atoms with Gasteiger partial charge in [-0.25, -0.2) is 0 Å². The van der Waals surface area contributed by atoms with Crippen molar-refractivity contribution in [1.29, 1.82) is 0 Å². The molecule has 0 aliphatic rings. The zero-order valence-electron chi connectivity index (χ0n) is 90.0. The Morgan fingerprint density at radius 3 is 0.362 bits per heavy atom. The van der Waals surface area contributed by atoms with E-state index in [9.17, 15) is 0 Å². The first-order valence-corrected chi connectivity index (χ1v) is 58.1. The number of hydrogen-bond acceptors (Lipinski definition) is 24. The molecule has 0 saturated heterocycles. The number of benzene rings is 4. The molecule has 0 atom stereocenters. The molecule has 4 aromatic heterocycles. The minimum Gasteiger partial charge on any atom is -0.354 e. The molecule has 0 unspecified atom stereocenters. The van der Waals surface area contributed by atoms with Gasteiger partial charge in [0.1, 0.15) is 0 Å². The van der Waals surface area contributed by atoms with Crippen molar-refractivity contribution in [3.8, 4) is 0 Å². The summed E-state index contributed by atoms with van der Waals surface area (Å²) in [5, 5.41) is 43.7. The molecule has 0 radical (unpaired) electrons. The summed E-state index contributed by atoms with van der Waals surface area (Å²) in [6.45, 7) is 24.6. The standard InChI is InChI=1S/C117H196N24/c1-9-17-25-33-41-49-57-65-89-118-105-130-106(119-90-66-58-50-42-34-26-18-10-2)135-113(134-105)126-101-81-73-97(74-82-101)117(98-75-83-102(84-76-98)127-114-136-107(120-91-67-59-51-43-35-27-19-11-3)131-108(137-114)121-92-68-60-52-44-36-28-20-12-4,99-77-85-103(86-78-99)128-115-138-109(122-93-69-61-53-45-37-29-21-13-5)132-110(139-115)123-94-70-62-54-46-38-30-22-14-6)100-79-87-104(88-80-100)129-116-140-111(124-95-71-63-55-47-39-31-23-15-7)133-112(141-116)125-96-72-64-56-48-40-32-24-16-8/h73-88H,9-72,89-96H2,1-8H3,(H3,118,119,126,130,134,135)(H3,120,121,127,131,136,137)(H3,122,123,128,132,138,139)(H3,124,125,129,133,140,141). The van der Waals surface area contributed by atoms with Crippen LogP contribution in [0.15, 0.2) is 97.1 Å². The van der Waals surface area contributed by atoms with Crippen LogP contribution < -0.4 is 63.8 Å². The van der Waals surface area contributed by atoms with Crippen LogP contribution in [0.4, 0.5) is 94.1 Å². The van der Waals surface area contributed by atoms with Crippen molar-refractivity contribution in [1.82, 2.24) is 59.8 Å². The molecular weight excluding hydrogens is 1740 g/mol. The predicted molar refractivity (Wildman–Crippen MR) is 606 cm³/mol. The molecule has 784 valence electrons. The third-order valence-corrected chi connectivity index (χ3v) is 27.3. The zero-order chi connectivity index (χ0) is 99.2. The maximum Gasteiger partial charge on any atom is 0.233 e. The van der Waals surface area contributed by atoms with E-state index in [2.05, 4.69) is 216 Å². The smallest absolute Gasteiger partial charge is 0.233 e. The summed E-state index contributed by atoms with van der Waals surface area (Å²) >= 11 is 0. The van der Waals surface area contributed by atoms with Crippen LogP contribution in [0.2, 0.25) is 0 Å². The van der Waals surface area contributed by atoms with Crippen molar-refractivity contribution in [3.63, 3.8) is 0 Å². The van der Waals surface area contributed by atoms with Gasteiger partial charge in [0.15, 0.2) is 0 Å². The van der Waals surface area contributed by atoms with Crippen molar-refractivity contribution in [2.45, 2.75) is 472 Å². The molecule has 0 bridgehead atoms. The van der Waals surface area contributed by atoms with E-state index in [1.54, 1.807) is 0 Å². The van der Waals surface area contributed by atoms with Crippen LogP contribution in [0.1, 0.15) is 489 Å². The fourth-order valence-electron chi connectivity index (χ4n) is 18.8. The number of nitrogens with zero attached hydrogens (tertiary/aromatic N) is 12. The van der Waals surface area contributed by atoms with Gasteiger partial charge in [-0.05, 0) is 122 Å². The largest absolute Gasteiger partial charge is 0.354 e. The lowest BCUT2D eigenvalue weighted by molar-refractivity contribution is 0.580. The lowest BCUT2D eigenvalue weighted by Crippen LogP contribution is -2.31. The van der Waals surface area contributed by atoms with Crippen LogP contribution in [0.3, 0.4) is 0 Å². The van der Waals surface area contributed by atoms with Crippen molar-refractivity contribution in [2.75, 3.05) is 116 Å². The molecule has 12 N–H and O–H groups in total. The highest BCUT2D eigenvalue weighted by Crippen LogP contribution is 2.47. The second-order valence-corrected chi connectivity index (χ2v) is 40.0. The SMILES string of the molecule is CCCCCCCCCCNc1nc(NCCCCCCCCCC)nc(Nc2ccc(C(c3ccc(Nc4nc(NCCCCCCCCCC)nc(NCCCCCCCCCC)n4)cc3)(c3ccc(Nc4nc(NCCCCCCCCCC)nc(NCCCCCCCCCC)n4)cc3)c3ccc(Nc4nc(NCCCCCCCCCC)nc(NCCCCCCCCCC)n4)cc3)cc2)n1. The van der Waals surface area contributed by atoms with E-state index >= 15 is 0 Å². The monoisotopic (exact) mass is 1940 g/mol. The molecule has 141 heavy (non-hydrogen) atoms. The van der Waals surface area contributed by atoms with Crippen molar-refractivity contribution in [2.24, 2.45) is 0 Å². The van der Waals surface area contributed by atoms with E-state index in [0.717, 1.165) is 149 Å². The van der Waals surface area contributed by atoms with Gasteiger partial charge >= 0.3 is 0 Å². The second kappa shape index (κ2) is 77.1. The first-order valence-electron chi connectivity index (χ1n) is 58.1. The van der Waals surface area contributed by atoms with Gasteiger partial charge in [0, 0.05) is 75.1 Å². The summed E-state index contributed by atoms with van der Waals surface area (Å²) < 4.78 is 0. The van der Waals surface area contributed by atoms with Gasteiger partial charge in [-0.2, -0.15) is 59.8 Å².